The highest BCUT2D eigenvalue weighted by Gasteiger charge is 2.27. The molecule has 7 heteroatoms. The van der Waals surface area contributed by atoms with Crippen molar-refractivity contribution in [2.75, 3.05) is 11.4 Å². The fourth-order valence-corrected chi connectivity index (χ4v) is 2.52. The molecule has 1 rings (SSSR count). The number of nitrogens with zero attached hydrogens (tertiary/aromatic N) is 1. The van der Waals surface area contributed by atoms with Gasteiger partial charge in [0, 0.05) is 17.0 Å². The molecular formula is C13H18NO5S-. The summed E-state index contributed by atoms with van der Waals surface area (Å²) in [4.78, 5) is 11.3. The van der Waals surface area contributed by atoms with Crippen LogP contribution in [-0.2, 0) is 16.1 Å². The number of carbonyl (C=O) groups is 1. The van der Waals surface area contributed by atoms with Gasteiger partial charge in [0.2, 0.25) is 0 Å². The molecule has 0 amide bonds. The molecule has 112 valence electrons. The molecule has 2 atom stereocenters. The first-order chi connectivity index (χ1) is 9.36. The first kappa shape index (κ1) is 16.5. The standard InChI is InChI=1S/C13H19NO5S/c1-9(2)8-12(13(15)16)14(20(17)18)10-4-6-11(19-3)7-5-10/h4-7,9,12H,8H2,1-3H3,(H,15,16)(H,17,18)/p-1. The molecule has 20 heavy (non-hydrogen) atoms. The van der Waals surface area contributed by atoms with Crippen LogP contribution in [0.2, 0.25) is 0 Å². The van der Waals surface area contributed by atoms with E-state index in [0.717, 1.165) is 4.31 Å². The van der Waals surface area contributed by atoms with Crippen molar-refractivity contribution >= 4 is 22.9 Å². The number of benzene rings is 1. The second kappa shape index (κ2) is 7.25. The Bertz CT molecular complexity index is 474. The largest absolute Gasteiger partial charge is 0.755 e. The predicted molar refractivity (Wildman–Crippen MR) is 75.3 cm³/mol. The Morgan fingerprint density at radius 2 is 1.95 bits per heavy atom. The SMILES string of the molecule is COc1ccc(N(C(CC(C)C)C(=O)O)S(=O)[O-])cc1. The molecule has 0 saturated heterocycles. The summed E-state index contributed by atoms with van der Waals surface area (Å²) in [7, 11) is 1.50. The molecule has 1 aromatic carbocycles. The predicted octanol–water partition coefficient (Wildman–Crippen LogP) is 1.79. The Kier molecular flexibility index (Phi) is 5.97. The van der Waals surface area contributed by atoms with Crippen LogP contribution in [0.1, 0.15) is 20.3 Å². The quantitative estimate of drug-likeness (QED) is 0.775. The van der Waals surface area contributed by atoms with Gasteiger partial charge in [-0.15, -0.1) is 0 Å². The molecule has 0 spiro atoms. The summed E-state index contributed by atoms with van der Waals surface area (Å²) in [5.74, 6) is -0.541. The smallest absolute Gasteiger partial charge is 0.327 e. The van der Waals surface area contributed by atoms with E-state index in [2.05, 4.69) is 0 Å². The number of hydrogen-bond donors (Lipinski definition) is 1. The average molecular weight is 300 g/mol. The second-order valence-electron chi connectivity index (χ2n) is 4.72. The molecule has 0 aromatic heterocycles. The van der Waals surface area contributed by atoms with Gasteiger partial charge in [-0.3, -0.25) is 8.51 Å². The van der Waals surface area contributed by atoms with Gasteiger partial charge < -0.3 is 14.4 Å². The van der Waals surface area contributed by atoms with E-state index in [1.165, 1.54) is 19.2 Å². The van der Waals surface area contributed by atoms with Crippen molar-refractivity contribution in [2.45, 2.75) is 26.3 Å². The van der Waals surface area contributed by atoms with E-state index < -0.39 is 23.3 Å². The maximum absolute atomic E-state index is 11.4. The monoisotopic (exact) mass is 300 g/mol. The van der Waals surface area contributed by atoms with Crippen molar-refractivity contribution in [1.29, 1.82) is 0 Å². The highest BCUT2D eigenvalue weighted by Crippen LogP contribution is 2.25. The van der Waals surface area contributed by atoms with E-state index in [1.807, 2.05) is 13.8 Å². The van der Waals surface area contributed by atoms with Crippen LogP contribution in [0.4, 0.5) is 5.69 Å². The van der Waals surface area contributed by atoms with Crippen LogP contribution in [0.15, 0.2) is 24.3 Å². The number of ether oxygens (including phenoxy) is 1. The summed E-state index contributed by atoms with van der Waals surface area (Å²) >= 11 is -2.67. The van der Waals surface area contributed by atoms with Gasteiger partial charge in [0.05, 0.1) is 7.11 Å². The molecule has 0 bridgehead atoms. The van der Waals surface area contributed by atoms with E-state index in [-0.39, 0.29) is 12.3 Å². The van der Waals surface area contributed by atoms with Crippen LogP contribution in [0.3, 0.4) is 0 Å². The molecule has 2 unspecified atom stereocenters. The third-order valence-corrected chi connectivity index (χ3v) is 3.54. The van der Waals surface area contributed by atoms with Gasteiger partial charge in [0.25, 0.3) is 0 Å². The maximum atomic E-state index is 11.4. The van der Waals surface area contributed by atoms with Crippen molar-refractivity contribution in [3.8, 4) is 5.75 Å². The average Bonchev–Trinajstić information content (AvgIpc) is 2.37. The highest BCUT2D eigenvalue weighted by atomic mass is 32.2. The van der Waals surface area contributed by atoms with Crippen LogP contribution in [-0.4, -0.2) is 33.0 Å². The number of hydrogen-bond acceptors (Lipinski definition) is 4. The Hall–Kier alpha value is -1.60. The number of carboxylic acids is 1. The van der Waals surface area contributed by atoms with Crippen molar-refractivity contribution in [3.05, 3.63) is 24.3 Å². The molecule has 0 aliphatic carbocycles. The van der Waals surface area contributed by atoms with E-state index in [4.69, 9.17) is 4.74 Å². The molecule has 6 nitrogen and oxygen atoms in total. The Morgan fingerprint density at radius 3 is 2.30 bits per heavy atom. The van der Waals surface area contributed by atoms with E-state index in [9.17, 15) is 18.7 Å². The maximum Gasteiger partial charge on any atom is 0.327 e. The minimum absolute atomic E-state index is 0.0559. The van der Waals surface area contributed by atoms with Crippen molar-refractivity contribution in [3.63, 3.8) is 0 Å². The molecule has 0 saturated carbocycles. The lowest BCUT2D eigenvalue weighted by atomic mass is 10.0. The number of methoxy groups -OCH3 is 1. The van der Waals surface area contributed by atoms with Crippen molar-refractivity contribution in [1.82, 2.24) is 0 Å². The molecule has 0 aliphatic heterocycles. The Labute approximate surface area is 120 Å². The molecule has 0 radical (unpaired) electrons. The lowest BCUT2D eigenvalue weighted by Gasteiger charge is -2.32. The first-order valence-corrected chi connectivity index (χ1v) is 7.15. The second-order valence-corrected chi connectivity index (χ2v) is 5.55. The van der Waals surface area contributed by atoms with Crippen LogP contribution in [0.5, 0.6) is 5.75 Å². The summed E-state index contributed by atoms with van der Waals surface area (Å²) in [6, 6.07) is 5.09. The molecule has 0 heterocycles. The van der Waals surface area contributed by atoms with Gasteiger partial charge in [-0.1, -0.05) is 13.8 Å². The third-order valence-electron chi connectivity index (χ3n) is 2.75. The highest BCUT2D eigenvalue weighted by molar-refractivity contribution is 7.80. The van der Waals surface area contributed by atoms with E-state index in [1.54, 1.807) is 12.1 Å². The number of aliphatic carboxylic acids is 1. The van der Waals surface area contributed by atoms with Gasteiger partial charge in [-0.25, -0.2) is 4.79 Å². The molecule has 1 aromatic rings. The third kappa shape index (κ3) is 4.21. The van der Waals surface area contributed by atoms with Gasteiger partial charge in [-0.2, -0.15) is 0 Å². The van der Waals surface area contributed by atoms with Crippen LogP contribution in [0, 0.1) is 5.92 Å². The summed E-state index contributed by atoms with van der Waals surface area (Å²) in [6.45, 7) is 3.69. The normalized spacial score (nSPS) is 13.8. The van der Waals surface area contributed by atoms with Crippen LogP contribution >= 0.6 is 0 Å². The minimum atomic E-state index is -2.67. The summed E-state index contributed by atoms with van der Waals surface area (Å²) in [5, 5.41) is 9.26. The lowest BCUT2D eigenvalue weighted by molar-refractivity contribution is -0.138. The van der Waals surface area contributed by atoms with E-state index >= 15 is 0 Å². The van der Waals surface area contributed by atoms with Gasteiger partial charge >= 0.3 is 5.97 Å². The Morgan fingerprint density at radius 1 is 1.40 bits per heavy atom. The number of carboxylic acid groups (broad SMARTS) is 1. The van der Waals surface area contributed by atoms with Gasteiger partial charge in [-0.05, 0) is 36.6 Å². The zero-order valence-corrected chi connectivity index (χ0v) is 12.4. The summed E-state index contributed by atoms with van der Waals surface area (Å²) in [5.41, 5.74) is 0.298. The van der Waals surface area contributed by atoms with Crippen molar-refractivity contribution < 1.29 is 23.4 Å². The first-order valence-electron chi connectivity index (χ1n) is 6.12. The molecule has 0 aliphatic rings. The van der Waals surface area contributed by atoms with Gasteiger partial charge in [0.15, 0.2) is 0 Å². The zero-order valence-electron chi connectivity index (χ0n) is 11.6. The Balaban J connectivity index is 3.13. The molecule has 1 N–H and O–H groups in total. The number of anilines is 1. The zero-order chi connectivity index (χ0) is 15.3. The molecular weight excluding hydrogens is 282 g/mol. The van der Waals surface area contributed by atoms with Crippen molar-refractivity contribution in [2.24, 2.45) is 5.92 Å². The van der Waals surface area contributed by atoms with Crippen LogP contribution in [0.25, 0.3) is 0 Å². The fraction of sp³-hybridized carbons (Fsp3) is 0.462. The topological polar surface area (TPSA) is 89.9 Å². The molecule has 0 fully saturated rings. The summed E-state index contributed by atoms with van der Waals surface area (Å²) < 4.78 is 28.7. The summed E-state index contributed by atoms with van der Waals surface area (Å²) in [6.07, 6.45) is 0.231. The lowest BCUT2D eigenvalue weighted by Crippen LogP contribution is -2.43. The number of rotatable bonds is 7. The minimum Gasteiger partial charge on any atom is -0.755 e. The van der Waals surface area contributed by atoms with E-state index in [0.29, 0.717) is 11.4 Å². The van der Waals surface area contributed by atoms with Gasteiger partial charge in [0.1, 0.15) is 11.8 Å². The van der Waals surface area contributed by atoms with Crippen LogP contribution < -0.4 is 9.04 Å². The fourth-order valence-electron chi connectivity index (χ4n) is 1.84.